The Balaban J connectivity index is 1.99. The Morgan fingerprint density at radius 3 is 2.52 bits per heavy atom. The highest BCUT2D eigenvalue weighted by molar-refractivity contribution is 6.11. The summed E-state index contributed by atoms with van der Waals surface area (Å²) in [6.07, 6.45) is 2.69. The first-order valence-electron chi connectivity index (χ1n) is 8.54. The number of carbonyl (C=O) groups is 1. The smallest absolute Gasteiger partial charge is 0.193 e. The topological polar surface area (TPSA) is 96.2 Å². The third kappa shape index (κ3) is 3.75. The van der Waals surface area contributed by atoms with Gasteiger partial charge in [0.15, 0.2) is 5.78 Å². The molecule has 3 rings (SSSR count). The second-order valence-corrected chi connectivity index (χ2v) is 7.03. The zero-order valence-electron chi connectivity index (χ0n) is 15.4. The molecule has 0 fully saturated rings. The van der Waals surface area contributed by atoms with Crippen LogP contribution in [0.15, 0.2) is 36.4 Å². The number of fused-ring (bicyclic) bond motifs is 1. The van der Waals surface area contributed by atoms with E-state index in [0.717, 1.165) is 5.56 Å². The molecule has 6 heteroatoms. The lowest BCUT2D eigenvalue weighted by molar-refractivity contribution is -0.0232. The number of allylic oxidation sites excluding steroid dienone is 1. The van der Waals surface area contributed by atoms with Crippen LogP contribution in [0.2, 0.25) is 0 Å². The number of rotatable bonds is 5. The first-order chi connectivity index (χ1) is 12.7. The molecule has 6 nitrogen and oxygen atoms in total. The molecule has 1 atom stereocenters. The van der Waals surface area contributed by atoms with E-state index >= 15 is 0 Å². The van der Waals surface area contributed by atoms with Crippen LogP contribution >= 0.6 is 0 Å². The van der Waals surface area contributed by atoms with Crippen molar-refractivity contribution >= 4 is 11.9 Å². The Kier molecular flexibility index (Phi) is 4.85. The highest BCUT2D eigenvalue weighted by Gasteiger charge is 2.39. The van der Waals surface area contributed by atoms with Gasteiger partial charge in [-0.15, -0.1) is 0 Å². The standard InChI is InChI=1S/C21H22O6/c1-21(2,25)18-10-14-16(24)11-17(26-3)19(20(14)27-18)15(23)9-6-12-4-7-13(22)8-5-12/h4-9,11,18,22,24-25H,10H2,1-3H3/t18-/m0/s1. The van der Waals surface area contributed by atoms with E-state index in [2.05, 4.69) is 0 Å². The molecule has 2 aromatic rings. The summed E-state index contributed by atoms with van der Waals surface area (Å²) in [7, 11) is 1.41. The number of phenols is 2. The lowest BCUT2D eigenvalue weighted by Gasteiger charge is -2.24. The summed E-state index contributed by atoms with van der Waals surface area (Å²) < 4.78 is 11.1. The van der Waals surface area contributed by atoms with E-state index < -0.39 is 11.7 Å². The minimum atomic E-state index is -1.14. The fraction of sp³-hybridized carbons (Fsp3) is 0.286. The number of aliphatic hydroxyl groups is 1. The normalized spacial score (nSPS) is 16.2. The molecule has 2 aromatic carbocycles. The van der Waals surface area contributed by atoms with Gasteiger partial charge in [-0.05, 0) is 37.6 Å². The van der Waals surface area contributed by atoms with Crippen LogP contribution in [-0.2, 0) is 6.42 Å². The van der Waals surface area contributed by atoms with Gasteiger partial charge in [0, 0.05) is 18.1 Å². The van der Waals surface area contributed by atoms with Crippen molar-refractivity contribution in [2.45, 2.75) is 32.0 Å². The summed E-state index contributed by atoms with van der Waals surface area (Å²) in [6, 6.07) is 7.80. The first kappa shape index (κ1) is 18.8. The molecule has 0 amide bonds. The van der Waals surface area contributed by atoms with Crippen molar-refractivity contribution in [3.05, 3.63) is 53.1 Å². The second kappa shape index (κ2) is 6.96. The molecule has 3 N–H and O–H groups in total. The van der Waals surface area contributed by atoms with Crippen LogP contribution < -0.4 is 9.47 Å². The largest absolute Gasteiger partial charge is 0.508 e. The van der Waals surface area contributed by atoms with Gasteiger partial charge in [-0.25, -0.2) is 0 Å². The number of hydrogen-bond donors (Lipinski definition) is 3. The average molecular weight is 370 g/mol. The molecule has 1 aliphatic heterocycles. The maximum Gasteiger partial charge on any atom is 0.193 e. The predicted molar refractivity (Wildman–Crippen MR) is 101 cm³/mol. The highest BCUT2D eigenvalue weighted by atomic mass is 16.5. The lowest BCUT2D eigenvalue weighted by Crippen LogP contribution is -2.39. The number of benzene rings is 2. The van der Waals surface area contributed by atoms with E-state index in [4.69, 9.17) is 9.47 Å². The van der Waals surface area contributed by atoms with Crippen LogP contribution in [0.4, 0.5) is 0 Å². The van der Waals surface area contributed by atoms with Crippen LogP contribution in [0.5, 0.6) is 23.0 Å². The average Bonchev–Trinajstić information content (AvgIpc) is 3.07. The van der Waals surface area contributed by atoms with E-state index in [9.17, 15) is 20.1 Å². The fourth-order valence-electron chi connectivity index (χ4n) is 2.99. The highest BCUT2D eigenvalue weighted by Crippen LogP contribution is 2.45. The van der Waals surface area contributed by atoms with Crippen molar-refractivity contribution in [1.29, 1.82) is 0 Å². The molecule has 0 radical (unpaired) electrons. The minimum Gasteiger partial charge on any atom is -0.508 e. The molecule has 0 aromatic heterocycles. The van der Waals surface area contributed by atoms with Crippen molar-refractivity contribution in [3.8, 4) is 23.0 Å². The predicted octanol–water partition coefficient (Wildman–Crippen LogP) is 3.08. The molecule has 0 saturated carbocycles. The van der Waals surface area contributed by atoms with Crippen molar-refractivity contribution in [2.75, 3.05) is 7.11 Å². The quantitative estimate of drug-likeness (QED) is 0.553. The van der Waals surface area contributed by atoms with Crippen LogP contribution in [-0.4, -0.2) is 39.9 Å². The van der Waals surface area contributed by atoms with Crippen molar-refractivity contribution in [2.24, 2.45) is 0 Å². The molecule has 0 unspecified atom stereocenters. The molecule has 0 aliphatic carbocycles. The Bertz CT molecular complexity index is 890. The number of carbonyl (C=O) groups excluding carboxylic acids is 1. The van der Waals surface area contributed by atoms with Gasteiger partial charge in [0.1, 0.15) is 34.7 Å². The van der Waals surface area contributed by atoms with Gasteiger partial charge >= 0.3 is 0 Å². The summed E-state index contributed by atoms with van der Waals surface area (Å²) in [6.45, 7) is 3.23. The number of phenolic OH excluding ortho intramolecular Hbond substituents is 2. The summed E-state index contributed by atoms with van der Waals surface area (Å²) in [5.41, 5.74) is 0.281. The maximum atomic E-state index is 12.9. The second-order valence-electron chi connectivity index (χ2n) is 7.03. The number of ketones is 1. The zero-order chi connectivity index (χ0) is 19.8. The van der Waals surface area contributed by atoms with Gasteiger partial charge in [-0.2, -0.15) is 0 Å². The van der Waals surface area contributed by atoms with E-state index in [1.165, 1.54) is 31.4 Å². The number of hydrogen-bond acceptors (Lipinski definition) is 6. The van der Waals surface area contributed by atoms with E-state index in [1.54, 1.807) is 32.1 Å². The number of ether oxygens (including phenoxy) is 2. The lowest BCUT2D eigenvalue weighted by atomic mass is 9.95. The van der Waals surface area contributed by atoms with Gasteiger partial charge in [0.05, 0.1) is 12.7 Å². The number of aromatic hydroxyl groups is 2. The van der Waals surface area contributed by atoms with Gasteiger partial charge in [-0.1, -0.05) is 18.2 Å². The molecular weight excluding hydrogens is 348 g/mol. The molecule has 27 heavy (non-hydrogen) atoms. The Morgan fingerprint density at radius 2 is 1.93 bits per heavy atom. The van der Waals surface area contributed by atoms with Gasteiger partial charge in [0.2, 0.25) is 0 Å². The Labute approximate surface area is 157 Å². The third-order valence-corrected chi connectivity index (χ3v) is 4.55. The minimum absolute atomic E-state index is 0.0346. The summed E-state index contributed by atoms with van der Waals surface area (Å²) in [5.74, 6) is 0.185. The van der Waals surface area contributed by atoms with Crippen LogP contribution in [0.25, 0.3) is 6.08 Å². The Hall–Kier alpha value is -2.99. The molecule has 0 spiro atoms. The first-order valence-corrected chi connectivity index (χ1v) is 8.54. The zero-order valence-corrected chi connectivity index (χ0v) is 15.4. The molecule has 0 bridgehead atoms. The number of methoxy groups -OCH3 is 1. The molecular formula is C21H22O6. The SMILES string of the molecule is COc1cc(O)c2c(c1C(=O)C=Cc1ccc(O)cc1)O[C@H](C(C)(C)O)C2. The van der Waals surface area contributed by atoms with Crippen LogP contribution in [0, 0.1) is 0 Å². The molecule has 142 valence electrons. The van der Waals surface area contributed by atoms with Gasteiger partial charge in [-0.3, -0.25) is 4.79 Å². The van der Waals surface area contributed by atoms with Crippen LogP contribution in [0.3, 0.4) is 0 Å². The van der Waals surface area contributed by atoms with Gasteiger partial charge in [0.25, 0.3) is 0 Å². The van der Waals surface area contributed by atoms with Crippen molar-refractivity contribution < 1.29 is 29.6 Å². The monoisotopic (exact) mass is 370 g/mol. The van der Waals surface area contributed by atoms with Gasteiger partial charge < -0.3 is 24.8 Å². The third-order valence-electron chi connectivity index (χ3n) is 4.55. The molecule has 0 saturated heterocycles. The molecule has 1 heterocycles. The fourth-order valence-corrected chi connectivity index (χ4v) is 2.99. The summed E-state index contributed by atoms with van der Waals surface area (Å²) in [4.78, 5) is 12.9. The van der Waals surface area contributed by atoms with Crippen molar-refractivity contribution in [1.82, 2.24) is 0 Å². The summed E-state index contributed by atoms with van der Waals surface area (Å²) >= 11 is 0. The van der Waals surface area contributed by atoms with Crippen molar-refractivity contribution in [3.63, 3.8) is 0 Å². The maximum absolute atomic E-state index is 12.9. The Morgan fingerprint density at radius 1 is 1.26 bits per heavy atom. The van der Waals surface area contributed by atoms with E-state index in [1.807, 2.05) is 0 Å². The molecule has 1 aliphatic rings. The summed E-state index contributed by atoms with van der Waals surface area (Å²) in [5, 5.41) is 29.9. The van der Waals surface area contributed by atoms with Crippen LogP contribution in [0.1, 0.15) is 35.3 Å². The van der Waals surface area contributed by atoms with E-state index in [-0.39, 0.29) is 40.8 Å². The van der Waals surface area contributed by atoms with E-state index in [0.29, 0.717) is 5.56 Å².